The van der Waals surface area contributed by atoms with Gasteiger partial charge < -0.3 is 19.7 Å². The largest absolute Gasteiger partial charge is 0.497 e. The molecule has 2 N–H and O–H groups in total. The first-order valence-electron chi connectivity index (χ1n) is 12.9. The van der Waals surface area contributed by atoms with E-state index in [0.717, 1.165) is 17.7 Å². The number of carbonyl (C=O) groups excluding carboxylic acids is 2. The van der Waals surface area contributed by atoms with E-state index in [1.165, 1.54) is 18.2 Å². The van der Waals surface area contributed by atoms with Crippen molar-refractivity contribution in [2.45, 2.75) is 18.2 Å². The third kappa shape index (κ3) is 6.33. The van der Waals surface area contributed by atoms with Crippen LogP contribution in [0.4, 0.5) is 17.1 Å². The number of fused-ring (bicyclic) bond motifs is 1. The summed E-state index contributed by atoms with van der Waals surface area (Å²) in [7, 11) is -2.21. The van der Waals surface area contributed by atoms with Crippen LogP contribution in [0.2, 0.25) is 0 Å². The second-order valence-corrected chi connectivity index (χ2v) is 11.2. The van der Waals surface area contributed by atoms with Gasteiger partial charge in [0.1, 0.15) is 11.5 Å². The highest BCUT2D eigenvalue weighted by Gasteiger charge is 2.26. The maximum absolute atomic E-state index is 13.1. The molecule has 4 aromatic carbocycles. The number of rotatable bonds is 9. The van der Waals surface area contributed by atoms with Crippen molar-refractivity contribution in [3.8, 4) is 11.5 Å². The fourth-order valence-corrected chi connectivity index (χ4v) is 5.71. The lowest BCUT2D eigenvalue weighted by Gasteiger charge is -2.18. The number of para-hydroxylation sites is 1. The Balaban J connectivity index is 1.21. The second-order valence-electron chi connectivity index (χ2n) is 9.51. The first-order valence-corrected chi connectivity index (χ1v) is 14.4. The molecule has 0 aromatic heterocycles. The summed E-state index contributed by atoms with van der Waals surface area (Å²) in [4.78, 5) is 27.6. The normalized spacial score (nSPS) is 12.4. The van der Waals surface area contributed by atoms with E-state index >= 15 is 0 Å². The van der Waals surface area contributed by atoms with Gasteiger partial charge in [-0.25, -0.2) is 8.42 Å². The summed E-state index contributed by atoms with van der Waals surface area (Å²) in [5.41, 5.74) is 3.89. The number of nitrogens with one attached hydrogen (secondary N) is 2. The molecule has 9 nitrogen and oxygen atoms in total. The lowest BCUT2D eigenvalue weighted by Crippen LogP contribution is -2.29. The topological polar surface area (TPSA) is 114 Å². The van der Waals surface area contributed by atoms with Gasteiger partial charge in [-0.1, -0.05) is 24.3 Å². The van der Waals surface area contributed by atoms with Gasteiger partial charge in [-0.15, -0.1) is 0 Å². The predicted molar refractivity (Wildman–Crippen MR) is 157 cm³/mol. The Morgan fingerprint density at radius 2 is 1.66 bits per heavy atom. The van der Waals surface area contributed by atoms with Gasteiger partial charge in [-0.05, 0) is 91.2 Å². The van der Waals surface area contributed by atoms with E-state index in [2.05, 4.69) is 10.0 Å². The van der Waals surface area contributed by atoms with Gasteiger partial charge in [0.25, 0.3) is 21.8 Å². The van der Waals surface area contributed by atoms with E-state index in [-0.39, 0.29) is 17.4 Å². The van der Waals surface area contributed by atoms with E-state index in [1.807, 2.05) is 6.07 Å². The molecule has 0 fully saturated rings. The van der Waals surface area contributed by atoms with Crippen LogP contribution in [0.25, 0.3) is 0 Å². The maximum Gasteiger partial charge on any atom is 0.262 e. The van der Waals surface area contributed by atoms with Crippen molar-refractivity contribution in [3.05, 3.63) is 108 Å². The second kappa shape index (κ2) is 11.7. The highest BCUT2D eigenvalue weighted by atomic mass is 32.2. The fraction of sp³-hybridized carbons (Fsp3) is 0.161. The SMILES string of the molecule is COc1ccc(C(=O)N2CCc3ccc(NC(=O)COc4ccc(S(=O)(=O)Nc5ccccc5)cc4C)cc32)cc1. The lowest BCUT2D eigenvalue weighted by atomic mass is 10.1. The molecule has 0 saturated heterocycles. The molecule has 210 valence electrons. The number of hydrogen-bond donors (Lipinski definition) is 2. The molecule has 0 spiro atoms. The molecule has 10 heteroatoms. The minimum atomic E-state index is -3.78. The van der Waals surface area contributed by atoms with Crippen molar-refractivity contribution in [2.24, 2.45) is 0 Å². The molecule has 0 aliphatic carbocycles. The van der Waals surface area contributed by atoms with Gasteiger partial charge in [0.2, 0.25) is 0 Å². The van der Waals surface area contributed by atoms with Crippen molar-refractivity contribution >= 4 is 38.9 Å². The number of benzene rings is 4. The number of nitrogens with zero attached hydrogens (tertiary/aromatic N) is 1. The van der Waals surface area contributed by atoms with Crippen LogP contribution in [0.15, 0.2) is 95.9 Å². The lowest BCUT2D eigenvalue weighted by molar-refractivity contribution is -0.118. The molecule has 1 aliphatic rings. The average Bonchev–Trinajstić information content (AvgIpc) is 3.39. The number of anilines is 3. The smallest absolute Gasteiger partial charge is 0.262 e. The molecule has 5 rings (SSSR count). The third-order valence-electron chi connectivity index (χ3n) is 6.69. The summed E-state index contributed by atoms with van der Waals surface area (Å²) in [6.07, 6.45) is 0.723. The molecule has 0 unspecified atom stereocenters. The summed E-state index contributed by atoms with van der Waals surface area (Å²) in [5, 5.41) is 2.81. The quantitative estimate of drug-likeness (QED) is 0.292. The number of ether oxygens (including phenoxy) is 2. The van der Waals surface area contributed by atoms with E-state index in [1.54, 1.807) is 85.7 Å². The van der Waals surface area contributed by atoms with Gasteiger partial charge in [0, 0.05) is 29.2 Å². The Kier molecular flexibility index (Phi) is 7.93. The number of aryl methyl sites for hydroxylation is 1. The molecule has 1 aliphatic heterocycles. The molecule has 41 heavy (non-hydrogen) atoms. The summed E-state index contributed by atoms with van der Waals surface area (Å²) in [6, 6.07) is 25.5. The van der Waals surface area contributed by atoms with Gasteiger partial charge in [0.15, 0.2) is 6.61 Å². The number of hydrogen-bond acceptors (Lipinski definition) is 6. The zero-order valence-electron chi connectivity index (χ0n) is 22.6. The molecule has 2 amide bonds. The third-order valence-corrected chi connectivity index (χ3v) is 8.07. The average molecular weight is 572 g/mol. The molecule has 4 aromatic rings. The number of carbonyl (C=O) groups is 2. The van der Waals surface area contributed by atoms with Crippen molar-refractivity contribution in [2.75, 3.05) is 35.2 Å². The molecule has 0 radical (unpaired) electrons. The molecular formula is C31H29N3O6S. The minimum Gasteiger partial charge on any atom is -0.497 e. The Morgan fingerprint density at radius 3 is 2.37 bits per heavy atom. The first-order chi connectivity index (χ1) is 19.7. The van der Waals surface area contributed by atoms with Crippen LogP contribution in [-0.2, 0) is 21.2 Å². The summed E-state index contributed by atoms with van der Waals surface area (Å²) in [5.74, 6) is 0.548. The fourth-order valence-electron chi connectivity index (χ4n) is 4.57. The van der Waals surface area contributed by atoms with Crippen LogP contribution in [0, 0.1) is 6.92 Å². The Labute approximate surface area is 238 Å². The van der Waals surface area contributed by atoms with Crippen LogP contribution in [0.5, 0.6) is 11.5 Å². The van der Waals surface area contributed by atoms with E-state index < -0.39 is 15.9 Å². The number of methoxy groups -OCH3 is 1. The van der Waals surface area contributed by atoms with Crippen molar-refractivity contribution in [1.29, 1.82) is 0 Å². The summed E-state index contributed by atoms with van der Waals surface area (Å²) >= 11 is 0. The molecule has 0 atom stereocenters. The van der Waals surface area contributed by atoms with Gasteiger partial charge >= 0.3 is 0 Å². The van der Waals surface area contributed by atoms with Gasteiger partial charge in [-0.3, -0.25) is 14.3 Å². The monoisotopic (exact) mass is 571 g/mol. The zero-order chi connectivity index (χ0) is 29.0. The Hall–Kier alpha value is -4.83. The van der Waals surface area contributed by atoms with Crippen LogP contribution in [-0.4, -0.2) is 40.5 Å². The van der Waals surface area contributed by atoms with Crippen LogP contribution in [0.3, 0.4) is 0 Å². The Morgan fingerprint density at radius 1 is 0.902 bits per heavy atom. The predicted octanol–water partition coefficient (Wildman–Crippen LogP) is 5.02. The van der Waals surface area contributed by atoms with Crippen molar-refractivity contribution in [3.63, 3.8) is 0 Å². The highest BCUT2D eigenvalue weighted by molar-refractivity contribution is 7.92. The zero-order valence-corrected chi connectivity index (χ0v) is 23.4. The van der Waals surface area contributed by atoms with Crippen LogP contribution in [0.1, 0.15) is 21.5 Å². The molecule has 0 saturated carbocycles. The maximum atomic E-state index is 13.1. The Bertz CT molecular complexity index is 1690. The molecular weight excluding hydrogens is 542 g/mol. The van der Waals surface area contributed by atoms with Crippen LogP contribution < -0.4 is 24.4 Å². The number of amides is 2. The van der Waals surface area contributed by atoms with E-state index in [4.69, 9.17) is 9.47 Å². The first kappa shape index (κ1) is 27.7. The van der Waals surface area contributed by atoms with E-state index in [9.17, 15) is 18.0 Å². The highest BCUT2D eigenvalue weighted by Crippen LogP contribution is 2.32. The van der Waals surface area contributed by atoms with Crippen molar-refractivity contribution < 1.29 is 27.5 Å². The molecule has 1 heterocycles. The summed E-state index contributed by atoms with van der Waals surface area (Å²) < 4.78 is 38.9. The summed E-state index contributed by atoms with van der Waals surface area (Å²) in [6.45, 7) is 1.98. The van der Waals surface area contributed by atoms with Gasteiger partial charge in [0.05, 0.1) is 12.0 Å². The minimum absolute atomic E-state index is 0.0857. The van der Waals surface area contributed by atoms with Crippen molar-refractivity contribution in [1.82, 2.24) is 0 Å². The number of sulfonamides is 1. The van der Waals surface area contributed by atoms with E-state index in [0.29, 0.717) is 40.5 Å². The standard InChI is InChI=1S/C31H29N3O6S/c1-21-18-27(41(37,38)33-24-6-4-3-5-7-24)14-15-29(21)40-20-30(35)32-25-11-8-22-16-17-34(28(22)19-25)31(36)23-9-12-26(39-2)13-10-23/h3-15,18-19,33H,16-17,20H2,1-2H3,(H,32,35). The van der Waals surface area contributed by atoms with Crippen LogP contribution >= 0.6 is 0 Å². The molecule has 0 bridgehead atoms. The van der Waals surface area contributed by atoms with Gasteiger partial charge in [-0.2, -0.15) is 0 Å².